The fraction of sp³-hybridized carbons (Fsp3) is 0.294. The number of ether oxygens (including phenoxy) is 1. The Hall–Kier alpha value is -1.51. The van der Waals surface area contributed by atoms with E-state index in [0.29, 0.717) is 11.6 Å². The Morgan fingerprint density at radius 3 is 2.40 bits per heavy atom. The quantitative estimate of drug-likeness (QED) is 0.886. The lowest BCUT2D eigenvalue weighted by atomic mass is 10.0. The third-order valence-corrected chi connectivity index (χ3v) is 3.44. The van der Waals surface area contributed by atoms with Gasteiger partial charge in [0.15, 0.2) is 0 Å². The second-order valence-corrected chi connectivity index (χ2v) is 5.47. The van der Waals surface area contributed by atoms with Crippen LogP contribution in [0.4, 0.5) is 0 Å². The molecule has 1 N–H and O–H groups in total. The number of likely N-dealkylation sites (N-methyl/N-ethyl adjacent to an activating group) is 1. The van der Waals surface area contributed by atoms with E-state index in [1.807, 2.05) is 31.3 Å². The van der Waals surface area contributed by atoms with Crippen molar-refractivity contribution in [1.29, 1.82) is 0 Å². The van der Waals surface area contributed by atoms with Gasteiger partial charge >= 0.3 is 0 Å². The minimum atomic E-state index is 0.160. The van der Waals surface area contributed by atoms with Crippen LogP contribution in [0.3, 0.4) is 0 Å². The first-order valence-corrected chi connectivity index (χ1v) is 7.10. The molecule has 0 fully saturated rings. The van der Waals surface area contributed by atoms with Gasteiger partial charge in [-0.15, -0.1) is 0 Å². The van der Waals surface area contributed by atoms with Crippen LogP contribution in [0.2, 0.25) is 5.02 Å². The molecule has 106 valence electrons. The second-order valence-electron chi connectivity index (χ2n) is 5.03. The molecule has 3 heteroatoms. The molecule has 1 atom stereocenters. The van der Waals surface area contributed by atoms with Crippen LogP contribution in [0.25, 0.3) is 0 Å². The summed E-state index contributed by atoms with van der Waals surface area (Å²) in [7, 11) is 1.95. The summed E-state index contributed by atoms with van der Waals surface area (Å²) in [5.74, 6) is 0.794. The van der Waals surface area contributed by atoms with Crippen molar-refractivity contribution < 1.29 is 4.74 Å². The van der Waals surface area contributed by atoms with Crippen molar-refractivity contribution in [3.63, 3.8) is 0 Å². The van der Waals surface area contributed by atoms with E-state index >= 15 is 0 Å². The lowest BCUT2D eigenvalue weighted by Crippen LogP contribution is -2.23. The Kier molecular flexibility index (Phi) is 5.05. The summed E-state index contributed by atoms with van der Waals surface area (Å²) in [4.78, 5) is 0. The summed E-state index contributed by atoms with van der Waals surface area (Å²) in [5.41, 5.74) is 3.78. The van der Waals surface area contributed by atoms with Gasteiger partial charge in [-0.2, -0.15) is 0 Å². The van der Waals surface area contributed by atoms with Crippen LogP contribution in [0, 0.1) is 13.8 Å². The summed E-state index contributed by atoms with van der Waals surface area (Å²) in [5, 5.41) is 3.99. The van der Waals surface area contributed by atoms with Gasteiger partial charge < -0.3 is 10.1 Å². The highest BCUT2D eigenvalue weighted by Crippen LogP contribution is 2.21. The van der Waals surface area contributed by atoms with Crippen LogP contribution in [-0.2, 0) is 0 Å². The molecular formula is C17H20ClNO. The average Bonchev–Trinajstić information content (AvgIpc) is 2.38. The summed E-state index contributed by atoms with van der Waals surface area (Å²) in [6, 6.07) is 14.2. The zero-order valence-electron chi connectivity index (χ0n) is 12.1. The third-order valence-electron chi connectivity index (χ3n) is 3.21. The standard InChI is InChI=1S/C17H20ClNO/c1-12-7-13(2)9-14(8-12)17(19-3)11-20-16-6-4-5-15(18)10-16/h4-10,17,19H,11H2,1-3H3. The van der Waals surface area contributed by atoms with E-state index in [9.17, 15) is 0 Å². The number of rotatable bonds is 5. The topological polar surface area (TPSA) is 21.3 Å². The maximum Gasteiger partial charge on any atom is 0.120 e. The van der Waals surface area contributed by atoms with Crippen molar-refractivity contribution >= 4 is 11.6 Å². The molecule has 0 aliphatic heterocycles. The Morgan fingerprint density at radius 1 is 1.10 bits per heavy atom. The van der Waals surface area contributed by atoms with E-state index in [1.54, 1.807) is 0 Å². The molecule has 0 amide bonds. The van der Waals surface area contributed by atoms with Gasteiger partial charge in [0.05, 0.1) is 6.04 Å². The third kappa shape index (κ3) is 3.99. The minimum Gasteiger partial charge on any atom is -0.492 e. The molecule has 2 rings (SSSR count). The smallest absolute Gasteiger partial charge is 0.120 e. The molecule has 0 heterocycles. The fourth-order valence-electron chi connectivity index (χ4n) is 2.29. The molecule has 2 aromatic carbocycles. The van der Waals surface area contributed by atoms with Gasteiger partial charge in [-0.1, -0.05) is 47.0 Å². The zero-order chi connectivity index (χ0) is 14.5. The van der Waals surface area contributed by atoms with Gasteiger partial charge in [0.2, 0.25) is 0 Å². The first kappa shape index (κ1) is 14.9. The second kappa shape index (κ2) is 6.78. The molecule has 0 bridgehead atoms. The van der Waals surface area contributed by atoms with Gasteiger partial charge in [0.25, 0.3) is 0 Å². The van der Waals surface area contributed by atoms with Gasteiger partial charge in [-0.25, -0.2) is 0 Å². The van der Waals surface area contributed by atoms with Crippen molar-refractivity contribution in [2.24, 2.45) is 0 Å². The molecule has 0 radical (unpaired) electrons. The molecule has 0 saturated heterocycles. The van der Waals surface area contributed by atoms with Gasteiger partial charge in [-0.3, -0.25) is 0 Å². The molecule has 0 aromatic heterocycles. The first-order chi connectivity index (χ1) is 9.58. The molecular weight excluding hydrogens is 270 g/mol. The van der Waals surface area contributed by atoms with E-state index in [2.05, 4.69) is 37.4 Å². The Morgan fingerprint density at radius 2 is 1.80 bits per heavy atom. The van der Waals surface area contributed by atoms with Crippen LogP contribution >= 0.6 is 11.6 Å². The lowest BCUT2D eigenvalue weighted by molar-refractivity contribution is 0.273. The molecule has 2 nitrogen and oxygen atoms in total. The molecule has 0 aliphatic rings. The highest BCUT2D eigenvalue weighted by atomic mass is 35.5. The van der Waals surface area contributed by atoms with Crippen LogP contribution < -0.4 is 10.1 Å². The zero-order valence-corrected chi connectivity index (χ0v) is 12.9. The van der Waals surface area contributed by atoms with E-state index in [0.717, 1.165) is 5.75 Å². The van der Waals surface area contributed by atoms with Crippen molar-refractivity contribution in [3.05, 3.63) is 64.2 Å². The minimum absolute atomic E-state index is 0.160. The molecule has 1 unspecified atom stereocenters. The average molecular weight is 290 g/mol. The fourth-order valence-corrected chi connectivity index (χ4v) is 2.47. The maximum absolute atomic E-state index is 5.96. The van der Waals surface area contributed by atoms with Gasteiger partial charge in [-0.05, 0) is 44.7 Å². The first-order valence-electron chi connectivity index (χ1n) is 6.72. The number of hydrogen-bond donors (Lipinski definition) is 1. The highest BCUT2D eigenvalue weighted by molar-refractivity contribution is 6.30. The summed E-state index contributed by atoms with van der Waals surface area (Å²) in [6.45, 7) is 4.79. The number of halogens is 1. The Bertz CT molecular complexity index is 563. The number of aryl methyl sites for hydroxylation is 2. The normalized spacial score (nSPS) is 12.2. The van der Waals surface area contributed by atoms with Crippen molar-refractivity contribution in [1.82, 2.24) is 5.32 Å². The van der Waals surface area contributed by atoms with E-state index in [-0.39, 0.29) is 6.04 Å². The monoisotopic (exact) mass is 289 g/mol. The van der Waals surface area contributed by atoms with Crippen LogP contribution in [0.5, 0.6) is 5.75 Å². The van der Waals surface area contributed by atoms with E-state index in [1.165, 1.54) is 16.7 Å². The summed E-state index contributed by atoms with van der Waals surface area (Å²) in [6.07, 6.45) is 0. The SMILES string of the molecule is CNC(COc1cccc(Cl)c1)c1cc(C)cc(C)c1. The van der Waals surface area contributed by atoms with Crippen molar-refractivity contribution in [3.8, 4) is 5.75 Å². The molecule has 0 spiro atoms. The summed E-state index contributed by atoms with van der Waals surface area (Å²) < 4.78 is 5.83. The number of hydrogen-bond acceptors (Lipinski definition) is 2. The Balaban J connectivity index is 2.09. The predicted molar refractivity (Wildman–Crippen MR) is 84.7 cm³/mol. The summed E-state index contributed by atoms with van der Waals surface area (Å²) >= 11 is 5.96. The highest BCUT2D eigenvalue weighted by Gasteiger charge is 2.11. The maximum atomic E-state index is 5.96. The number of benzene rings is 2. The van der Waals surface area contributed by atoms with Crippen LogP contribution in [0.1, 0.15) is 22.7 Å². The van der Waals surface area contributed by atoms with Crippen LogP contribution in [-0.4, -0.2) is 13.7 Å². The molecule has 20 heavy (non-hydrogen) atoms. The van der Waals surface area contributed by atoms with Crippen molar-refractivity contribution in [2.75, 3.05) is 13.7 Å². The molecule has 0 saturated carbocycles. The largest absolute Gasteiger partial charge is 0.492 e. The van der Waals surface area contributed by atoms with E-state index < -0.39 is 0 Å². The molecule has 0 aliphatic carbocycles. The van der Waals surface area contributed by atoms with Gasteiger partial charge in [0.1, 0.15) is 12.4 Å². The molecule has 2 aromatic rings. The van der Waals surface area contributed by atoms with Gasteiger partial charge in [0, 0.05) is 5.02 Å². The Labute approximate surface area is 125 Å². The van der Waals surface area contributed by atoms with Crippen LogP contribution in [0.15, 0.2) is 42.5 Å². The van der Waals surface area contributed by atoms with Crippen molar-refractivity contribution in [2.45, 2.75) is 19.9 Å². The number of nitrogens with one attached hydrogen (secondary N) is 1. The van der Waals surface area contributed by atoms with E-state index in [4.69, 9.17) is 16.3 Å². The predicted octanol–water partition coefficient (Wildman–Crippen LogP) is 4.30. The lowest BCUT2D eigenvalue weighted by Gasteiger charge is -2.18.